The van der Waals surface area contributed by atoms with E-state index in [0.29, 0.717) is 0 Å². The minimum atomic E-state index is -4.59. The minimum absolute atomic E-state index is 0.0165. The molecule has 2 N–H and O–H groups in total. The average Bonchev–Trinajstić information content (AvgIpc) is 2.57. The second-order valence-electron chi connectivity index (χ2n) is 3.64. The molecule has 8 heteroatoms. The monoisotopic (exact) mass is 277 g/mol. The van der Waals surface area contributed by atoms with E-state index < -0.39 is 22.7 Å². The number of anilines is 1. The highest BCUT2D eigenvalue weighted by Gasteiger charge is 2.34. The molecular weight excluding hydrogens is 271 g/mol. The summed E-state index contributed by atoms with van der Waals surface area (Å²) in [7, 11) is 0. The van der Waals surface area contributed by atoms with Gasteiger partial charge in [0.05, 0.1) is 22.7 Å². The molecule has 96 valence electrons. The first-order chi connectivity index (χ1) is 8.29. The number of nitrogens with two attached hydrogens (primary N) is 1. The van der Waals surface area contributed by atoms with Crippen molar-refractivity contribution < 1.29 is 18.0 Å². The van der Waals surface area contributed by atoms with E-state index in [1.807, 2.05) is 0 Å². The Morgan fingerprint density at radius 3 is 2.56 bits per heavy atom. The van der Waals surface area contributed by atoms with Crippen LogP contribution in [-0.2, 0) is 11.0 Å². The lowest BCUT2D eigenvalue weighted by molar-refractivity contribution is -0.137. The number of nitrogens with zero attached hydrogens (tertiary/aromatic N) is 2. The van der Waals surface area contributed by atoms with Gasteiger partial charge >= 0.3 is 6.18 Å². The standard InChI is InChI=1S/C10H7ClF3N3O/c11-7-2-1-5(3-6(7)10(12,13)14)17-9(18)4-8(15)16-17/h1-3H,4H2,(H2,15,16). The van der Waals surface area contributed by atoms with Gasteiger partial charge in [0.25, 0.3) is 5.91 Å². The Labute approximate surface area is 105 Å². The van der Waals surface area contributed by atoms with Crippen LogP contribution in [0.15, 0.2) is 23.3 Å². The molecule has 1 aliphatic heterocycles. The Bertz CT molecular complexity index is 542. The molecule has 1 aromatic rings. The second-order valence-corrected chi connectivity index (χ2v) is 4.04. The van der Waals surface area contributed by atoms with Crippen LogP contribution >= 0.6 is 11.6 Å². The molecular formula is C10H7ClF3N3O. The zero-order chi connectivity index (χ0) is 13.5. The van der Waals surface area contributed by atoms with Gasteiger partial charge in [-0.1, -0.05) is 11.6 Å². The molecule has 0 saturated carbocycles. The van der Waals surface area contributed by atoms with Gasteiger partial charge in [0, 0.05) is 0 Å². The van der Waals surface area contributed by atoms with Gasteiger partial charge in [-0.25, -0.2) is 0 Å². The number of alkyl halides is 3. The van der Waals surface area contributed by atoms with E-state index in [1.54, 1.807) is 0 Å². The van der Waals surface area contributed by atoms with E-state index in [2.05, 4.69) is 5.10 Å². The zero-order valence-corrected chi connectivity index (χ0v) is 9.59. The molecule has 0 spiro atoms. The van der Waals surface area contributed by atoms with Gasteiger partial charge in [0.1, 0.15) is 5.84 Å². The molecule has 1 amide bonds. The van der Waals surface area contributed by atoms with Gasteiger partial charge in [-0.15, -0.1) is 0 Å². The Hall–Kier alpha value is -1.76. The summed E-state index contributed by atoms with van der Waals surface area (Å²) < 4.78 is 37.9. The number of amidine groups is 1. The maximum Gasteiger partial charge on any atom is 0.417 e. The van der Waals surface area contributed by atoms with E-state index in [0.717, 1.165) is 17.1 Å². The first kappa shape index (κ1) is 12.7. The van der Waals surface area contributed by atoms with Crippen molar-refractivity contribution in [1.29, 1.82) is 0 Å². The molecule has 0 unspecified atom stereocenters. The predicted molar refractivity (Wildman–Crippen MR) is 60.2 cm³/mol. The summed E-state index contributed by atoms with van der Waals surface area (Å²) >= 11 is 5.47. The second kappa shape index (κ2) is 4.16. The summed E-state index contributed by atoms with van der Waals surface area (Å²) in [5.74, 6) is -0.425. The predicted octanol–water partition coefficient (Wildman–Crippen LogP) is 2.37. The molecule has 0 atom stereocenters. The Balaban J connectivity index is 2.45. The smallest absolute Gasteiger partial charge is 0.385 e. The number of amides is 1. The molecule has 0 fully saturated rings. The van der Waals surface area contributed by atoms with Crippen LogP contribution in [0.2, 0.25) is 5.02 Å². The summed E-state index contributed by atoms with van der Waals surface area (Å²) in [6.45, 7) is 0. The van der Waals surface area contributed by atoms with Crippen molar-refractivity contribution in [3.63, 3.8) is 0 Å². The summed E-state index contributed by atoms with van der Waals surface area (Å²) in [6.07, 6.45) is -4.70. The Kier molecular flexibility index (Phi) is 2.94. The van der Waals surface area contributed by atoms with Crippen molar-refractivity contribution in [2.45, 2.75) is 12.6 Å². The lowest BCUT2D eigenvalue weighted by Gasteiger charge is -2.15. The lowest BCUT2D eigenvalue weighted by atomic mass is 10.2. The van der Waals surface area contributed by atoms with E-state index in [1.165, 1.54) is 6.07 Å². The van der Waals surface area contributed by atoms with Crippen molar-refractivity contribution in [3.8, 4) is 0 Å². The highest BCUT2D eigenvalue weighted by Crippen LogP contribution is 2.37. The quantitative estimate of drug-likeness (QED) is 0.857. The van der Waals surface area contributed by atoms with Gasteiger partial charge in [-0.05, 0) is 18.2 Å². The molecule has 0 aliphatic carbocycles. The summed E-state index contributed by atoms with van der Waals surface area (Å²) in [5.41, 5.74) is 4.31. The van der Waals surface area contributed by atoms with Crippen LogP contribution in [0.25, 0.3) is 0 Å². The zero-order valence-electron chi connectivity index (χ0n) is 8.83. The summed E-state index contributed by atoms with van der Waals surface area (Å²) in [4.78, 5) is 11.4. The number of halogens is 4. The van der Waals surface area contributed by atoms with Crippen LogP contribution in [0.1, 0.15) is 12.0 Å². The molecule has 18 heavy (non-hydrogen) atoms. The number of hydrazone groups is 1. The summed E-state index contributed by atoms with van der Waals surface area (Å²) in [5, 5.41) is 4.06. The van der Waals surface area contributed by atoms with Crippen LogP contribution in [0.3, 0.4) is 0 Å². The third-order valence-electron chi connectivity index (χ3n) is 2.30. The average molecular weight is 278 g/mol. The van der Waals surface area contributed by atoms with Crippen LogP contribution in [0.5, 0.6) is 0 Å². The highest BCUT2D eigenvalue weighted by molar-refractivity contribution is 6.31. The van der Waals surface area contributed by atoms with Gasteiger partial charge in [0.2, 0.25) is 0 Å². The fourth-order valence-corrected chi connectivity index (χ4v) is 1.74. The van der Waals surface area contributed by atoms with Crippen molar-refractivity contribution in [2.75, 3.05) is 5.01 Å². The minimum Gasteiger partial charge on any atom is -0.385 e. The third kappa shape index (κ3) is 2.26. The fraction of sp³-hybridized carbons (Fsp3) is 0.200. The molecule has 4 nitrogen and oxygen atoms in total. The number of rotatable bonds is 1. The molecule has 1 aliphatic rings. The molecule has 2 rings (SSSR count). The first-order valence-electron chi connectivity index (χ1n) is 4.81. The van der Waals surface area contributed by atoms with Crippen molar-refractivity contribution in [2.24, 2.45) is 10.8 Å². The maximum atomic E-state index is 12.6. The Morgan fingerprint density at radius 2 is 2.06 bits per heavy atom. The normalized spacial score (nSPS) is 16.1. The van der Waals surface area contributed by atoms with Crippen LogP contribution in [0, 0.1) is 0 Å². The number of carbonyl (C=O) groups excluding carboxylic acids is 1. The number of hydrogen-bond donors (Lipinski definition) is 1. The van der Waals surface area contributed by atoms with E-state index in [9.17, 15) is 18.0 Å². The molecule has 0 radical (unpaired) electrons. The molecule has 1 aromatic carbocycles. The maximum absolute atomic E-state index is 12.6. The van der Waals surface area contributed by atoms with Gasteiger partial charge in [0.15, 0.2) is 0 Å². The van der Waals surface area contributed by atoms with Crippen molar-refractivity contribution in [3.05, 3.63) is 28.8 Å². The molecule has 0 aromatic heterocycles. The lowest BCUT2D eigenvalue weighted by Crippen LogP contribution is -2.20. The SMILES string of the molecule is NC1=NN(c2ccc(Cl)c(C(F)(F)F)c2)C(=O)C1. The Morgan fingerprint density at radius 1 is 1.39 bits per heavy atom. The largest absolute Gasteiger partial charge is 0.417 e. The van der Waals surface area contributed by atoms with Gasteiger partial charge in [-0.3, -0.25) is 4.79 Å². The molecule has 0 saturated heterocycles. The highest BCUT2D eigenvalue weighted by atomic mass is 35.5. The van der Waals surface area contributed by atoms with Crippen LogP contribution in [-0.4, -0.2) is 11.7 Å². The van der Waals surface area contributed by atoms with E-state index >= 15 is 0 Å². The molecule has 0 bridgehead atoms. The number of hydrogen-bond acceptors (Lipinski definition) is 3. The number of carbonyl (C=O) groups is 1. The van der Waals surface area contributed by atoms with Gasteiger partial charge in [-0.2, -0.15) is 23.3 Å². The van der Waals surface area contributed by atoms with E-state index in [-0.39, 0.29) is 17.9 Å². The van der Waals surface area contributed by atoms with Crippen molar-refractivity contribution >= 4 is 29.0 Å². The fourth-order valence-electron chi connectivity index (χ4n) is 1.51. The van der Waals surface area contributed by atoms with E-state index in [4.69, 9.17) is 17.3 Å². The number of benzene rings is 1. The first-order valence-corrected chi connectivity index (χ1v) is 5.19. The van der Waals surface area contributed by atoms with Crippen LogP contribution < -0.4 is 10.7 Å². The van der Waals surface area contributed by atoms with Crippen molar-refractivity contribution in [1.82, 2.24) is 0 Å². The third-order valence-corrected chi connectivity index (χ3v) is 2.63. The summed E-state index contributed by atoms with van der Waals surface area (Å²) in [6, 6.07) is 3.11. The topological polar surface area (TPSA) is 58.7 Å². The van der Waals surface area contributed by atoms with Crippen LogP contribution in [0.4, 0.5) is 18.9 Å². The molecule has 1 heterocycles. The van der Waals surface area contributed by atoms with Gasteiger partial charge < -0.3 is 5.73 Å².